The molecule has 30 heavy (non-hydrogen) atoms. The SMILES string of the molecule is COCCNS(=O)(=O)c1cccc(C(=O)Nc2ncn(Cc3ccc(Br)cc3)n2)c1. The van der Waals surface area contributed by atoms with Crippen LogP contribution in [0.3, 0.4) is 0 Å². The number of nitrogens with one attached hydrogen (secondary N) is 2. The van der Waals surface area contributed by atoms with Crippen LogP contribution in [0.1, 0.15) is 15.9 Å². The maximum Gasteiger partial charge on any atom is 0.258 e. The first kappa shape index (κ1) is 22.1. The molecular weight excluding hydrogens is 474 g/mol. The minimum absolute atomic E-state index is 0.0139. The molecule has 0 saturated heterocycles. The molecule has 2 N–H and O–H groups in total. The van der Waals surface area contributed by atoms with Crippen molar-refractivity contribution in [3.63, 3.8) is 0 Å². The Kier molecular flexibility index (Phi) is 7.32. The second-order valence-electron chi connectivity index (χ2n) is 6.26. The van der Waals surface area contributed by atoms with Gasteiger partial charge in [-0.15, -0.1) is 5.10 Å². The molecule has 3 aromatic rings. The Morgan fingerprint density at radius 2 is 1.97 bits per heavy atom. The van der Waals surface area contributed by atoms with E-state index in [1.54, 1.807) is 4.68 Å². The standard InChI is InChI=1S/C19H20BrN5O4S/c1-29-10-9-22-30(27,28)17-4-2-3-15(11-17)18(26)23-19-21-13-25(24-19)12-14-5-7-16(20)8-6-14/h2-8,11,13,22H,9-10,12H2,1H3,(H,23,24,26). The molecule has 158 valence electrons. The van der Waals surface area contributed by atoms with Crippen molar-refractivity contribution in [2.75, 3.05) is 25.6 Å². The van der Waals surface area contributed by atoms with Gasteiger partial charge in [-0.2, -0.15) is 0 Å². The van der Waals surface area contributed by atoms with Crippen LogP contribution in [0.5, 0.6) is 0 Å². The number of carbonyl (C=O) groups excluding carboxylic acids is 1. The first-order valence-corrected chi connectivity index (χ1v) is 11.2. The summed E-state index contributed by atoms with van der Waals surface area (Å²) in [4.78, 5) is 16.6. The van der Waals surface area contributed by atoms with Crippen LogP contribution >= 0.6 is 15.9 Å². The van der Waals surface area contributed by atoms with Crippen molar-refractivity contribution in [2.24, 2.45) is 0 Å². The summed E-state index contributed by atoms with van der Waals surface area (Å²) in [5.74, 6) is -0.381. The van der Waals surface area contributed by atoms with Crippen LogP contribution in [-0.2, 0) is 21.3 Å². The predicted octanol–water partition coefficient (Wildman–Crippen LogP) is 2.27. The number of methoxy groups -OCH3 is 1. The van der Waals surface area contributed by atoms with Crippen molar-refractivity contribution < 1.29 is 17.9 Å². The minimum Gasteiger partial charge on any atom is -0.383 e. The quantitative estimate of drug-likeness (QED) is 0.441. The van der Waals surface area contributed by atoms with E-state index < -0.39 is 15.9 Å². The molecule has 9 nitrogen and oxygen atoms in total. The Labute approximate surface area is 182 Å². The second kappa shape index (κ2) is 9.94. The van der Waals surface area contributed by atoms with Crippen LogP contribution in [0.15, 0.2) is 64.2 Å². The summed E-state index contributed by atoms with van der Waals surface area (Å²) < 4.78 is 34.4. The van der Waals surface area contributed by atoms with Gasteiger partial charge in [-0.05, 0) is 35.9 Å². The molecule has 0 spiro atoms. The van der Waals surface area contributed by atoms with E-state index in [2.05, 4.69) is 36.1 Å². The minimum atomic E-state index is -3.74. The zero-order valence-electron chi connectivity index (χ0n) is 16.1. The molecule has 0 bridgehead atoms. The normalized spacial score (nSPS) is 11.4. The molecule has 1 amide bonds. The molecule has 2 aromatic carbocycles. The fourth-order valence-electron chi connectivity index (χ4n) is 2.54. The van der Waals surface area contributed by atoms with Crippen molar-refractivity contribution >= 4 is 37.8 Å². The smallest absolute Gasteiger partial charge is 0.258 e. The first-order valence-electron chi connectivity index (χ1n) is 8.91. The number of carbonyl (C=O) groups is 1. The van der Waals surface area contributed by atoms with Gasteiger partial charge in [0.05, 0.1) is 18.0 Å². The lowest BCUT2D eigenvalue weighted by Gasteiger charge is -2.08. The van der Waals surface area contributed by atoms with Gasteiger partial charge in [0.2, 0.25) is 16.0 Å². The number of halogens is 1. The fraction of sp³-hybridized carbons (Fsp3) is 0.211. The van der Waals surface area contributed by atoms with Gasteiger partial charge >= 0.3 is 0 Å². The zero-order chi connectivity index (χ0) is 21.6. The van der Waals surface area contributed by atoms with Crippen molar-refractivity contribution in [1.82, 2.24) is 19.5 Å². The molecule has 0 aliphatic heterocycles. The molecule has 1 heterocycles. The maximum atomic E-state index is 12.5. The van der Waals surface area contributed by atoms with Gasteiger partial charge < -0.3 is 4.74 Å². The van der Waals surface area contributed by atoms with Gasteiger partial charge in [-0.3, -0.25) is 10.1 Å². The second-order valence-corrected chi connectivity index (χ2v) is 8.95. The summed E-state index contributed by atoms with van der Waals surface area (Å²) in [5.41, 5.74) is 1.20. The van der Waals surface area contributed by atoms with E-state index in [9.17, 15) is 13.2 Å². The number of benzene rings is 2. The largest absolute Gasteiger partial charge is 0.383 e. The van der Waals surface area contributed by atoms with E-state index in [0.29, 0.717) is 6.54 Å². The number of amides is 1. The van der Waals surface area contributed by atoms with Crippen LogP contribution in [0.25, 0.3) is 0 Å². The highest BCUT2D eigenvalue weighted by Gasteiger charge is 2.16. The Bertz CT molecular complexity index is 1120. The lowest BCUT2D eigenvalue weighted by molar-refractivity contribution is 0.102. The highest BCUT2D eigenvalue weighted by atomic mass is 79.9. The van der Waals surface area contributed by atoms with E-state index in [4.69, 9.17) is 4.74 Å². The average Bonchev–Trinajstić information content (AvgIpc) is 3.16. The van der Waals surface area contributed by atoms with Crippen molar-refractivity contribution in [3.05, 3.63) is 70.5 Å². The topological polar surface area (TPSA) is 115 Å². The molecule has 1 aromatic heterocycles. The summed E-state index contributed by atoms with van der Waals surface area (Å²) in [6.07, 6.45) is 1.51. The van der Waals surface area contributed by atoms with E-state index in [-0.39, 0.29) is 29.6 Å². The number of hydrogen-bond donors (Lipinski definition) is 2. The monoisotopic (exact) mass is 493 g/mol. The third-order valence-electron chi connectivity index (χ3n) is 4.02. The van der Waals surface area contributed by atoms with Gasteiger partial charge in [-0.1, -0.05) is 34.1 Å². The van der Waals surface area contributed by atoms with Gasteiger partial charge in [0.15, 0.2) is 0 Å². The summed E-state index contributed by atoms with van der Waals surface area (Å²) in [6.45, 7) is 0.875. The van der Waals surface area contributed by atoms with E-state index in [1.807, 2.05) is 24.3 Å². The predicted molar refractivity (Wildman–Crippen MR) is 115 cm³/mol. The molecule has 0 fully saturated rings. The molecule has 0 unspecified atom stereocenters. The third kappa shape index (κ3) is 5.95. The highest BCUT2D eigenvalue weighted by molar-refractivity contribution is 9.10. The summed E-state index contributed by atoms with van der Waals surface area (Å²) in [6, 6.07) is 13.5. The Hall–Kier alpha value is -2.60. The van der Waals surface area contributed by atoms with E-state index in [0.717, 1.165) is 10.0 Å². The number of anilines is 1. The lowest BCUT2D eigenvalue weighted by atomic mass is 10.2. The van der Waals surface area contributed by atoms with Crippen LogP contribution in [-0.4, -0.2) is 49.4 Å². The zero-order valence-corrected chi connectivity index (χ0v) is 18.5. The highest BCUT2D eigenvalue weighted by Crippen LogP contribution is 2.14. The summed E-state index contributed by atoms with van der Waals surface area (Å²) >= 11 is 3.39. The number of rotatable bonds is 9. The number of sulfonamides is 1. The number of ether oxygens (including phenoxy) is 1. The molecule has 3 rings (SSSR count). The van der Waals surface area contributed by atoms with E-state index in [1.165, 1.54) is 37.7 Å². The van der Waals surface area contributed by atoms with Crippen LogP contribution in [0.4, 0.5) is 5.95 Å². The maximum absolute atomic E-state index is 12.5. The van der Waals surface area contributed by atoms with Crippen LogP contribution in [0.2, 0.25) is 0 Å². The number of nitrogens with zero attached hydrogens (tertiary/aromatic N) is 3. The molecule has 0 saturated carbocycles. The van der Waals surface area contributed by atoms with Crippen LogP contribution in [0, 0.1) is 0 Å². The van der Waals surface area contributed by atoms with Gasteiger partial charge in [0.25, 0.3) is 5.91 Å². The lowest BCUT2D eigenvalue weighted by Crippen LogP contribution is -2.27. The first-order chi connectivity index (χ1) is 14.4. The summed E-state index contributed by atoms with van der Waals surface area (Å²) in [7, 11) is -2.26. The molecule has 11 heteroatoms. The third-order valence-corrected chi connectivity index (χ3v) is 6.01. The average molecular weight is 494 g/mol. The van der Waals surface area contributed by atoms with E-state index >= 15 is 0 Å². The van der Waals surface area contributed by atoms with Crippen molar-refractivity contribution in [3.8, 4) is 0 Å². The fourth-order valence-corrected chi connectivity index (χ4v) is 3.87. The van der Waals surface area contributed by atoms with Crippen molar-refractivity contribution in [2.45, 2.75) is 11.4 Å². The number of aromatic nitrogens is 3. The van der Waals surface area contributed by atoms with Gasteiger partial charge in [0, 0.05) is 23.7 Å². The Balaban J connectivity index is 1.66. The summed E-state index contributed by atoms with van der Waals surface area (Å²) in [5, 5.41) is 6.81. The Morgan fingerprint density at radius 3 is 2.70 bits per heavy atom. The molecule has 0 atom stereocenters. The molecular formula is C19H20BrN5O4S. The van der Waals surface area contributed by atoms with Gasteiger partial charge in [-0.25, -0.2) is 22.8 Å². The molecule has 0 aliphatic carbocycles. The molecule has 0 aliphatic rings. The molecule has 0 radical (unpaired) electrons. The number of hydrogen-bond acceptors (Lipinski definition) is 6. The van der Waals surface area contributed by atoms with Gasteiger partial charge in [0.1, 0.15) is 6.33 Å². The van der Waals surface area contributed by atoms with Crippen molar-refractivity contribution in [1.29, 1.82) is 0 Å². The van der Waals surface area contributed by atoms with Crippen LogP contribution < -0.4 is 10.0 Å². The Morgan fingerprint density at radius 1 is 1.20 bits per heavy atom.